The highest BCUT2D eigenvalue weighted by Crippen LogP contribution is 2.44. The molecule has 0 spiro atoms. The number of imidazole rings is 1. The van der Waals surface area contributed by atoms with Crippen LogP contribution in [0.3, 0.4) is 0 Å². The number of alkyl halides is 3. The van der Waals surface area contributed by atoms with Crippen molar-refractivity contribution in [3.63, 3.8) is 0 Å². The van der Waals surface area contributed by atoms with Gasteiger partial charge in [-0.05, 0) is 22.3 Å². The Morgan fingerprint density at radius 3 is 2.15 bits per heavy atom. The maximum Gasteiger partial charge on any atom is 0.434 e. The first kappa shape index (κ1) is 22.3. The molecule has 0 saturated carbocycles. The normalized spacial score (nSPS) is 14.8. The van der Waals surface area contributed by atoms with Crippen LogP contribution in [0.4, 0.5) is 23.9 Å². The second kappa shape index (κ2) is 7.93. The Morgan fingerprint density at radius 1 is 1.09 bits per heavy atom. The summed E-state index contributed by atoms with van der Waals surface area (Å²) in [5.41, 5.74) is -1.27. The number of hydrogen-bond acceptors (Lipinski definition) is 5. The number of aliphatic carboxylic acids is 1. The number of amides is 1. The lowest BCUT2D eigenvalue weighted by molar-refractivity contribution is -0.267. The van der Waals surface area contributed by atoms with Crippen LogP contribution in [0, 0.1) is 0 Å². The molecule has 0 aliphatic heterocycles. The number of benzene rings is 2. The van der Waals surface area contributed by atoms with Gasteiger partial charge in [0.05, 0.1) is 11.9 Å². The predicted octanol–water partition coefficient (Wildman–Crippen LogP) is 3.62. The topological polar surface area (TPSA) is 114 Å². The summed E-state index contributed by atoms with van der Waals surface area (Å²) >= 11 is 0. The smallest absolute Gasteiger partial charge is 0.434 e. The van der Waals surface area contributed by atoms with Crippen LogP contribution >= 0.6 is 0 Å². The van der Waals surface area contributed by atoms with Gasteiger partial charge in [-0.1, -0.05) is 48.5 Å². The Kier molecular flexibility index (Phi) is 5.36. The van der Waals surface area contributed by atoms with Crippen molar-refractivity contribution in [2.45, 2.75) is 17.7 Å². The summed E-state index contributed by atoms with van der Waals surface area (Å²) in [5.74, 6) is -3.18. The summed E-state index contributed by atoms with van der Waals surface area (Å²) in [6.07, 6.45) is -5.99. The van der Waals surface area contributed by atoms with Gasteiger partial charge in [0, 0.05) is 13.0 Å². The molecule has 33 heavy (non-hydrogen) atoms. The van der Waals surface area contributed by atoms with Crippen LogP contribution in [0.2, 0.25) is 0 Å². The first-order valence-electron chi connectivity index (χ1n) is 9.72. The van der Waals surface area contributed by atoms with Crippen molar-refractivity contribution < 1.29 is 37.7 Å². The van der Waals surface area contributed by atoms with Gasteiger partial charge < -0.3 is 19.5 Å². The van der Waals surface area contributed by atoms with Crippen LogP contribution in [0.5, 0.6) is 0 Å². The molecule has 0 fully saturated rings. The number of aromatic nitrogens is 2. The predicted molar refractivity (Wildman–Crippen MR) is 109 cm³/mol. The van der Waals surface area contributed by atoms with Crippen LogP contribution < -0.4 is 5.32 Å². The molecule has 1 amide bonds. The molecule has 2 aromatic carbocycles. The van der Waals surface area contributed by atoms with Crippen LogP contribution in [-0.2, 0) is 22.2 Å². The molecule has 3 N–H and O–H groups in total. The third kappa shape index (κ3) is 3.59. The minimum absolute atomic E-state index is 0.0429. The maximum absolute atomic E-state index is 13.2. The van der Waals surface area contributed by atoms with E-state index in [2.05, 4.69) is 10.3 Å². The molecular formula is C22H18F3N3O5. The first-order valence-corrected chi connectivity index (χ1v) is 9.72. The van der Waals surface area contributed by atoms with Crippen molar-refractivity contribution in [2.24, 2.45) is 7.05 Å². The number of aliphatic hydroxyl groups is 1. The number of hydrogen-bond donors (Lipinski definition) is 3. The van der Waals surface area contributed by atoms with Crippen LogP contribution in [0.25, 0.3) is 11.1 Å². The van der Waals surface area contributed by atoms with E-state index in [0.29, 0.717) is 10.8 Å². The summed E-state index contributed by atoms with van der Waals surface area (Å²) in [6, 6.07) is 15.3. The molecule has 11 heteroatoms. The Balaban J connectivity index is 1.51. The summed E-state index contributed by atoms with van der Waals surface area (Å²) < 4.78 is 45.7. The van der Waals surface area contributed by atoms with Crippen molar-refractivity contribution in [1.29, 1.82) is 0 Å². The van der Waals surface area contributed by atoms with Gasteiger partial charge in [-0.15, -0.1) is 0 Å². The van der Waals surface area contributed by atoms with E-state index in [1.54, 1.807) is 0 Å². The minimum Gasteiger partial charge on any atom is -0.479 e. The number of carbonyl (C=O) groups is 2. The molecular weight excluding hydrogens is 443 g/mol. The van der Waals surface area contributed by atoms with Crippen molar-refractivity contribution in [3.05, 3.63) is 71.5 Å². The average Bonchev–Trinajstić information content (AvgIpc) is 3.29. The summed E-state index contributed by atoms with van der Waals surface area (Å²) in [6.45, 7) is -0.0429. The van der Waals surface area contributed by atoms with Gasteiger partial charge >= 0.3 is 23.8 Å². The van der Waals surface area contributed by atoms with Gasteiger partial charge in [0.2, 0.25) is 5.95 Å². The highest BCUT2D eigenvalue weighted by atomic mass is 19.4. The zero-order valence-electron chi connectivity index (χ0n) is 17.1. The third-order valence-electron chi connectivity index (χ3n) is 5.64. The third-order valence-corrected chi connectivity index (χ3v) is 5.64. The lowest BCUT2D eigenvalue weighted by Crippen LogP contribution is -2.50. The summed E-state index contributed by atoms with van der Waals surface area (Å²) in [7, 11) is 1.03. The molecule has 3 aromatic rings. The number of carboxylic acids is 1. The average molecular weight is 461 g/mol. The second-order valence-corrected chi connectivity index (χ2v) is 7.49. The lowest BCUT2D eigenvalue weighted by Gasteiger charge is -2.26. The number of rotatable bonds is 5. The lowest BCUT2D eigenvalue weighted by atomic mass is 9.98. The highest BCUT2D eigenvalue weighted by Gasteiger charge is 2.63. The van der Waals surface area contributed by atoms with Crippen molar-refractivity contribution in [3.8, 4) is 11.1 Å². The van der Waals surface area contributed by atoms with E-state index in [0.717, 1.165) is 29.3 Å². The maximum atomic E-state index is 13.2. The van der Waals surface area contributed by atoms with E-state index in [-0.39, 0.29) is 12.5 Å². The van der Waals surface area contributed by atoms with Gasteiger partial charge in [0.25, 0.3) is 0 Å². The van der Waals surface area contributed by atoms with E-state index < -0.39 is 35.5 Å². The quantitative estimate of drug-likeness (QED) is 0.535. The number of halogens is 3. The number of anilines is 1. The molecule has 8 nitrogen and oxygen atoms in total. The standard InChI is InChI=1S/C22H18F3N3O5/c1-28-17(21(32,18(29)30)22(23,24)25)10-26-19(28)27-20(31)33-11-16-14-8-4-2-6-12(14)13-7-3-5-9-15(13)16/h2-10,16,32H,11H2,1H3,(H,29,30)(H,26,27,31). The van der Waals surface area contributed by atoms with Gasteiger partial charge in [-0.3, -0.25) is 5.32 Å². The van der Waals surface area contributed by atoms with Gasteiger partial charge in [0.1, 0.15) is 6.61 Å². The Bertz CT molecular complexity index is 1190. The van der Waals surface area contributed by atoms with Gasteiger partial charge in [0.15, 0.2) is 0 Å². The summed E-state index contributed by atoms with van der Waals surface area (Å²) in [4.78, 5) is 27.1. The summed E-state index contributed by atoms with van der Waals surface area (Å²) in [5, 5.41) is 21.0. The molecule has 1 aromatic heterocycles. The van der Waals surface area contributed by atoms with Crippen LogP contribution in [0.15, 0.2) is 54.7 Å². The molecule has 0 radical (unpaired) electrons. The zero-order valence-corrected chi connectivity index (χ0v) is 17.1. The van der Waals surface area contributed by atoms with Crippen LogP contribution in [0.1, 0.15) is 22.7 Å². The largest absolute Gasteiger partial charge is 0.479 e. The number of fused-ring (bicyclic) bond motifs is 3. The van der Waals surface area contributed by atoms with E-state index >= 15 is 0 Å². The molecule has 172 valence electrons. The zero-order chi connectivity index (χ0) is 24.0. The molecule has 1 heterocycles. The molecule has 4 rings (SSSR count). The first-order chi connectivity index (χ1) is 15.6. The van der Waals surface area contributed by atoms with Crippen LogP contribution in [-0.4, -0.2) is 44.6 Å². The molecule has 1 aliphatic carbocycles. The van der Waals surface area contributed by atoms with E-state index in [1.807, 2.05) is 48.5 Å². The Labute approximate surface area is 185 Å². The van der Waals surface area contributed by atoms with E-state index in [9.17, 15) is 27.9 Å². The Hall–Kier alpha value is -3.86. The number of ether oxygens (including phenoxy) is 1. The molecule has 0 saturated heterocycles. The number of nitrogens with zero attached hydrogens (tertiary/aromatic N) is 2. The number of nitrogens with one attached hydrogen (secondary N) is 1. The molecule has 1 unspecified atom stereocenters. The molecule has 1 aliphatic rings. The monoisotopic (exact) mass is 461 g/mol. The fourth-order valence-corrected chi connectivity index (χ4v) is 3.96. The van der Waals surface area contributed by atoms with E-state index in [1.165, 1.54) is 0 Å². The highest BCUT2D eigenvalue weighted by molar-refractivity contribution is 5.84. The molecule has 1 atom stereocenters. The number of carbonyl (C=O) groups excluding carboxylic acids is 1. The van der Waals surface area contributed by atoms with Crippen molar-refractivity contribution in [1.82, 2.24) is 9.55 Å². The van der Waals surface area contributed by atoms with Gasteiger partial charge in [-0.2, -0.15) is 13.2 Å². The number of carboxylic acid groups (broad SMARTS) is 1. The van der Waals surface area contributed by atoms with Gasteiger partial charge in [-0.25, -0.2) is 14.6 Å². The minimum atomic E-state index is -5.52. The fraction of sp³-hybridized carbons (Fsp3) is 0.227. The van der Waals surface area contributed by atoms with Crippen molar-refractivity contribution >= 4 is 18.0 Å². The van der Waals surface area contributed by atoms with E-state index in [4.69, 9.17) is 9.84 Å². The SMILES string of the molecule is Cn1c(C(O)(C(=O)O)C(F)(F)F)cnc1NC(=O)OCC1c2ccccc2-c2ccccc21. The fourth-order valence-electron chi connectivity index (χ4n) is 3.96. The second-order valence-electron chi connectivity index (χ2n) is 7.49. The Morgan fingerprint density at radius 2 is 1.64 bits per heavy atom. The molecule has 0 bridgehead atoms. The van der Waals surface area contributed by atoms with Crippen molar-refractivity contribution in [2.75, 3.05) is 11.9 Å².